The van der Waals surface area contributed by atoms with Crippen LogP contribution >= 0.6 is 11.3 Å². The second-order valence-electron chi connectivity index (χ2n) is 3.31. The summed E-state index contributed by atoms with van der Waals surface area (Å²) >= 11 is 1.36. The molecule has 0 aliphatic rings. The summed E-state index contributed by atoms with van der Waals surface area (Å²) in [6.45, 7) is 0. The van der Waals surface area contributed by atoms with Crippen LogP contribution < -0.4 is 9.51 Å². The van der Waals surface area contributed by atoms with E-state index in [4.69, 9.17) is 14.8 Å². The molecule has 2 N–H and O–H groups in total. The van der Waals surface area contributed by atoms with Crippen molar-refractivity contribution in [2.45, 2.75) is 0 Å². The average molecular weight is 234 g/mol. The molecule has 0 bridgehead atoms. The Morgan fingerprint density at radius 3 is 2.62 bits per heavy atom. The highest BCUT2D eigenvalue weighted by Crippen LogP contribution is 2.26. The molecule has 0 fully saturated rings. The number of ether oxygens (including phenoxy) is 1. The van der Waals surface area contributed by atoms with Gasteiger partial charge in [-0.1, -0.05) is 18.2 Å². The molecule has 0 saturated carbocycles. The van der Waals surface area contributed by atoms with Crippen LogP contribution in [0.4, 0.5) is 0 Å². The van der Waals surface area contributed by atoms with Crippen molar-refractivity contribution in [1.29, 1.82) is 0 Å². The quantitative estimate of drug-likeness (QED) is 0.782. The summed E-state index contributed by atoms with van der Waals surface area (Å²) < 4.78 is 5.68. The van der Waals surface area contributed by atoms with E-state index in [1.54, 1.807) is 13.2 Å². The molecule has 5 heteroatoms. The lowest BCUT2D eigenvalue weighted by molar-refractivity contribution is 0.415. The van der Waals surface area contributed by atoms with E-state index in [1.165, 1.54) is 11.3 Å². The third-order valence-corrected chi connectivity index (χ3v) is 3.41. The Kier molecular flexibility index (Phi) is 3.29. The largest absolute Gasteiger partial charge is 0.499 e. The van der Waals surface area contributed by atoms with Gasteiger partial charge < -0.3 is 14.8 Å². The number of hydrogen-bond acceptors (Lipinski definition) is 4. The second kappa shape index (κ2) is 4.70. The van der Waals surface area contributed by atoms with Crippen molar-refractivity contribution in [1.82, 2.24) is 0 Å². The van der Waals surface area contributed by atoms with Crippen molar-refractivity contribution in [3.63, 3.8) is 0 Å². The van der Waals surface area contributed by atoms with E-state index < -0.39 is 7.12 Å². The maximum Gasteiger partial charge on any atom is 0.499 e. The van der Waals surface area contributed by atoms with Gasteiger partial charge in [0.25, 0.3) is 0 Å². The van der Waals surface area contributed by atoms with Crippen LogP contribution in [0.25, 0.3) is 10.4 Å². The van der Waals surface area contributed by atoms with Gasteiger partial charge in [-0.05, 0) is 23.8 Å². The van der Waals surface area contributed by atoms with Crippen LogP contribution in [0.5, 0.6) is 5.75 Å². The molecule has 0 aliphatic heterocycles. The smallest absolute Gasteiger partial charge is 0.497 e. The van der Waals surface area contributed by atoms with E-state index in [2.05, 4.69) is 0 Å². The Morgan fingerprint density at radius 2 is 2.00 bits per heavy atom. The molecule has 0 atom stereocenters. The van der Waals surface area contributed by atoms with Gasteiger partial charge in [0, 0.05) is 9.65 Å². The standard InChI is InChI=1S/C11H11BO3S/c1-15-9-4-2-3-8(7-9)10-5-6-11(16-10)12(13)14/h2-7,13-14H,1H3. The molecule has 0 spiro atoms. The van der Waals surface area contributed by atoms with Gasteiger partial charge >= 0.3 is 7.12 Å². The molecule has 2 rings (SSSR count). The minimum absolute atomic E-state index is 0.540. The van der Waals surface area contributed by atoms with Gasteiger partial charge in [-0.2, -0.15) is 0 Å². The maximum absolute atomic E-state index is 9.03. The molecule has 0 unspecified atom stereocenters. The van der Waals surface area contributed by atoms with Crippen molar-refractivity contribution in [3.8, 4) is 16.2 Å². The Bertz CT molecular complexity index is 482. The fraction of sp³-hybridized carbons (Fsp3) is 0.0909. The van der Waals surface area contributed by atoms with Crippen molar-refractivity contribution >= 4 is 23.2 Å². The average Bonchev–Trinajstić information content (AvgIpc) is 2.78. The van der Waals surface area contributed by atoms with Gasteiger partial charge in [0.05, 0.1) is 7.11 Å². The zero-order valence-corrected chi connectivity index (χ0v) is 9.57. The lowest BCUT2D eigenvalue weighted by Gasteiger charge is -2.01. The lowest BCUT2D eigenvalue weighted by Crippen LogP contribution is -2.26. The van der Waals surface area contributed by atoms with E-state index in [0.29, 0.717) is 4.78 Å². The molecule has 0 aliphatic carbocycles. The van der Waals surface area contributed by atoms with E-state index >= 15 is 0 Å². The second-order valence-corrected chi connectivity index (χ2v) is 4.42. The number of benzene rings is 1. The topological polar surface area (TPSA) is 49.7 Å². The van der Waals surface area contributed by atoms with Crippen molar-refractivity contribution in [2.24, 2.45) is 0 Å². The third kappa shape index (κ3) is 2.27. The summed E-state index contributed by atoms with van der Waals surface area (Å²) in [7, 11) is 0.223. The van der Waals surface area contributed by atoms with Crippen molar-refractivity contribution < 1.29 is 14.8 Å². The van der Waals surface area contributed by atoms with E-state index in [0.717, 1.165) is 16.2 Å². The van der Waals surface area contributed by atoms with Gasteiger partial charge in [0.1, 0.15) is 5.75 Å². The summed E-state index contributed by atoms with van der Waals surface area (Å²) in [4.78, 5) is 0.988. The molecule has 0 amide bonds. The molecule has 0 radical (unpaired) electrons. The van der Waals surface area contributed by atoms with Gasteiger partial charge in [0.2, 0.25) is 0 Å². The Labute approximate surface area is 98.1 Å². The first-order valence-corrected chi connectivity index (χ1v) is 5.62. The fourth-order valence-corrected chi connectivity index (χ4v) is 2.30. The molecular weight excluding hydrogens is 223 g/mol. The highest BCUT2D eigenvalue weighted by molar-refractivity contribution is 7.24. The summed E-state index contributed by atoms with van der Waals surface area (Å²) in [5, 5.41) is 18.1. The third-order valence-electron chi connectivity index (χ3n) is 2.24. The minimum Gasteiger partial charge on any atom is -0.497 e. The molecule has 1 heterocycles. The van der Waals surface area contributed by atoms with Crippen LogP contribution in [-0.2, 0) is 0 Å². The fourth-order valence-electron chi connectivity index (χ4n) is 1.42. The molecule has 3 nitrogen and oxygen atoms in total. The van der Waals surface area contributed by atoms with Crippen LogP contribution in [0.2, 0.25) is 0 Å². The SMILES string of the molecule is COc1cccc(-c2ccc(B(O)O)s2)c1. The van der Waals surface area contributed by atoms with Crippen LogP contribution in [0.15, 0.2) is 36.4 Å². The van der Waals surface area contributed by atoms with Crippen molar-refractivity contribution in [2.75, 3.05) is 7.11 Å². The van der Waals surface area contributed by atoms with Gasteiger partial charge in [-0.3, -0.25) is 0 Å². The number of thiophene rings is 1. The summed E-state index contributed by atoms with van der Waals surface area (Å²) in [6.07, 6.45) is 0. The van der Waals surface area contributed by atoms with E-state index in [9.17, 15) is 0 Å². The first-order valence-electron chi connectivity index (χ1n) is 4.81. The lowest BCUT2D eigenvalue weighted by atomic mass is 9.90. The van der Waals surface area contributed by atoms with E-state index in [-0.39, 0.29) is 0 Å². The van der Waals surface area contributed by atoms with Crippen molar-refractivity contribution in [3.05, 3.63) is 36.4 Å². The molecule has 1 aromatic heterocycles. The number of rotatable bonds is 3. The Morgan fingerprint density at radius 1 is 1.19 bits per heavy atom. The van der Waals surface area contributed by atoms with Crippen LogP contribution in [0, 0.1) is 0 Å². The molecule has 2 aromatic rings. The van der Waals surface area contributed by atoms with Crippen LogP contribution in [0.3, 0.4) is 0 Å². The zero-order chi connectivity index (χ0) is 11.5. The molecule has 0 saturated heterocycles. The number of methoxy groups -OCH3 is 1. The van der Waals surface area contributed by atoms with Gasteiger partial charge in [-0.25, -0.2) is 0 Å². The predicted molar refractivity (Wildman–Crippen MR) is 66.1 cm³/mol. The predicted octanol–water partition coefficient (Wildman–Crippen LogP) is 1.10. The van der Waals surface area contributed by atoms with Gasteiger partial charge in [0.15, 0.2) is 0 Å². The minimum atomic E-state index is -1.40. The monoisotopic (exact) mass is 234 g/mol. The Balaban J connectivity index is 2.34. The highest BCUT2D eigenvalue weighted by atomic mass is 32.1. The van der Waals surface area contributed by atoms with Gasteiger partial charge in [-0.15, -0.1) is 11.3 Å². The summed E-state index contributed by atoms with van der Waals surface area (Å²) in [5.74, 6) is 0.789. The first kappa shape index (κ1) is 11.2. The molecule has 1 aromatic carbocycles. The normalized spacial score (nSPS) is 10.2. The highest BCUT2D eigenvalue weighted by Gasteiger charge is 2.14. The summed E-state index contributed by atoms with van der Waals surface area (Å²) in [5.41, 5.74) is 1.01. The first-order chi connectivity index (χ1) is 7.70. The molecular formula is C11H11BO3S. The Hall–Kier alpha value is -1.30. The zero-order valence-electron chi connectivity index (χ0n) is 8.75. The van der Waals surface area contributed by atoms with E-state index in [1.807, 2.05) is 30.3 Å². The van der Waals surface area contributed by atoms with Crippen LogP contribution in [-0.4, -0.2) is 24.3 Å². The molecule has 16 heavy (non-hydrogen) atoms. The maximum atomic E-state index is 9.03. The van der Waals surface area contributed by atoms with Crippen LogP contribution in [0.1, 0.15) is 0 Å². The number of hydrogen-bond donors (Lipinski definition) is 2. The molecule has 82 valence electrons. The summed E-state index contributed by atoms with van der Waals surface area (Å²) in [6, 6.07) is 11.2.